The Kier molecular flexibility index (Phi) is 3.86. The number of benzene rings is 1. The first kappa shape index (κ1) is 11.9. The monoisotopic (exact) mass is 294 g/mol. The van der Waals surface area contributed by atoms with Crippen LogP contribution < -0.4 is 0 Å². The van der Waals surface area contributed by atoms with Crippen LogP contribution in [0.15, 0.2) is 15.4 Å². The molecule has 0 aromatic heterocycles. The number of carbonyl (C=O) groups excluding carboxylic acids is 1. The van der Waals surface area contributed by atoms with Crippen molar-refractivity contribution in [3.8, 4) is 0 Å². The second-order valence-electron chi connectivity index (χ2n) is 2.68. The van der Waals surface area contributed by atoms with Crippen molar-refractivity contribution in [2.24, 2.45) is 0 Å². The van der Waals surface area contributed by atoms with Crippen molar-refractivity contribution in [3.05, 3.63) is 26.7 Å². The van der Waals surface area contributed by atoms with Gasteiger partial charge in [-0.1, -0.05) is 27.5 Å². The maximum absolute atomic E-state index is 11.3. The zero-order valence-electron chi connectivity index (χ0n) is 7.60. The highest BCUT2D eigenvalue weighted by atomic mass is 79.9. The summed E-state index contributed by atoms with van der Waals surface area (Å²) in [7, 11) is 1.31. The van der Waals surface area contributed by atoms with Gasteiger partial charge >= 0.3 is 5.97 Å². The molecular weight excluding hydrogens is 288 g/mol. The van der Waals surface area contributed by atoms with Gasteiger partial charge in [0, 0.05) is 9.37 Å². The molecule has 0 amide bonds. The molecule has 1 rings (SSSR count). The fourth-order valence-electron chi connectivity index (χ4n) is 1.00. The summed E-state index contributed by atoms with van der Waals surface area (Å²) in [6, 6.07) is 1.72. The third-order valence-electron chi connectivity index (χ3n) is 1.82. The number of ether oxygens (including phenoxy) is 1. The van der Waals surface area contributed by atoms with Crippen LogP contribution in [0.5, 0.6) is 0 Å². The van der Waals surface area contributed by atoms with Crippen molar-refractivity contribution < 1.29 is 9.53 Å². The van der Waals surface area contributed by atoms with Crippen LogP contribution in [0, 0.1) is 6.92 Å². The average Bonchev–Trinajstić information content (AvgIpc) is 2.14. The predicted molar refractivity (Wildman–Crippen MR) is 62.5 cm³/mol. The van der Waals surface area contributed by atoms with Crippen molar-refractivity contribution >= 4 is 46.1 Å². The molecule has 0 fully saturated rings. The van der Waals surface area contributed by atoms with E-state index in [0.717, 1.165) is 10.0 Å². The van der Waals surface area contributed by atoms with Crippen LogP contribution >= 0.6 is 40.2 Å². The van der Waals surface area contributed by atoms with Gasteiger partial charge in [0.25, 0.3) is 0 Å². The minimum Gasteiger partial charge on any atom is -0.465 e. The molecule has 0 heterocycles. The van der Waals surface area contributed by atoms with Gasteiger partial charge in [-0.15, -0.1) is 12.6 Å². The van der Waals surface area contributed by atoms with E-state index in [9.17, 15) is 4.79 Å². The van der Waals surface area contributed by atoms with Gasteiger partial charge in [-0.25, -0.2) is 4.79 Å². The highest BCUT2D eigenvalue weighted by molar-refractivity contribution is 9.10. The molecule has 0 N–H and O–H groups in total. The van der Waals surface area contributed by atoms with E-state index in [0.29, 0.717) is 15.5 Å². The van der Waals surface area contributed by atoms with Gasteiger partial charge in [-0.2, -0.15) is 0 Å². The maximum atomic E-state index is 11.3. The van der Waals surface area contributed by atoms with E-state index >= 15 is 0 Å². The van der Waals surface area contributed by atoms with Crippen molar-refractivity contribution in [3.63, 3.8) is 0 Å². The Labute approximate surface area is 101 Å². The molecule has 0 aliphatic carbocycles. The van der Waals surface area contributed by atoms with E-state index in [4.69, 9.17) is 11.6 Å². The normalized spacial score (nSPS) is 10.1. The number of rotatable bonds is 1. The Morgan fingerprint density at radius 3 is 2.71 bits per heavy atom. The Balaban J connectivity index is 3.44. The van der Waals surface area contributed by atoms with E-state index in [2.05, 4.69) is 33.3 Å². The molecule has 0 atom stereocenters. The SMILES string of the molecule is COC(=O)c1c(S)cc(Br)c(C)c1Cl. The molecule has 0 aliphatic heterocycles. The first-order valence-corrected chi connectivity index (χ1v) is 5.36. The van der Waals surface area contributed by atoms with Crippen LogP contribution in [-0.2, 0) is 4.74 Å². The predicted octanol–water partition coefficient (Wildman–Crippen LogP) is 3.49. The van der Waals surface area contributed by atoms with Crippen LogP contribution in [0.2, 0.25) is 5.02 Å². The number of methoxy groups -OCH3 is 1. The van der Waals surface area contributed by atoms with Crippen molar-refractivity contribution in [1.29, 1.82) is 0 Å². The summed E-state index contributed by atoms with van der Waals surface area (Å²) in [4.78, 5) is 11.8. The Hall–Kier alpha value is -0.190. The van der Waals surface area contributed by atoms with Crippen molar-refractivity contribution in [2.45, 2.75) is 11.8 Å². The van der Waals surface area contributed by atoms with Gasteiger partial charge in [0.15, 0.2) is 0 Å². The first-order chi connectivity index (χ1) is 6.49. The maximum Gasteiger partial charge on any atom is 0.340 e. The summed E-state index contributed by atoms with van der Waals surface area (Å²) >= 11 is 13.5. The van der Waals surface area contributed by atoms with Crippen molar-refractivity contribution in [1.82, 2.24) is 0 Å². The van der Waals surface area contributed by atoms with Gasteiger partial charge in [-0.05, 0) is 18.6 Å². The summed E-state index contributed by atoms with van der Waals surface area (Å²) in [5, 5.41) is 0.372. The van der Waals surface area contributed by atoms with Gasteiger partial charge in [0.1, 0.15) is 0 Å². The highest BCUT2D eigenvalue weighted by Gasteiger charge is 2.18. The second kappa shape index (κ2) is 4.55. The molecule has 0 radical (unpaired) electrons. The second-order valence-corrected chi connectivity index (χ2v) is 4.40. The van der Waals surface area contributed by atoms with E-state index in [1.165, 1.54) is 7.11 Å². The topological polar surface area (TPSA) is 26.3 Å². The Bertz CT molecular complexity index is 393. The minimum atomic E-state index is -0.476. The van der Waals surface area contributed by atoms with Crippen LogP contribution in [-0.4, -0.2) is 13.1 Å². The summed E-state index contributed by atoms with van der Waals surface area (Å²) < 4.78 is 5.42. The molecule has 14 heavy (non-hydrogen) atoms. The number of hydrogen-bond donors (Lipinski definition) is 1. The smallest absolute Gasteiger partial charge is 0.340 e. The molecule has 0 aliphatic rings. The third-order valence-corrected chi connectivity index (χ3v) is 3.46. The number of esters is 1. The lowest BCUT2D eigenvalue weighted by Gasteiger charge is -2.09. The lowest BCUT2D eigenvalue weighted by Crippen LogP contribution is -2.04. The van der Waals surface area contributed by atoms with Crippen LogP contribution in [0.25, 0.3) is 0 Å². The Morgan fingerprint density at radius 2 is 2.21 bits per heavy atom. The molecule has 1 aromatic rings. The number of hydrogen-bond acceptors (Lipinski definition) is 3. The largest absolute Gasteiger partial charge is 0.465 e. The van der Waals surface area contributed by atoms with Crippen LogP contribution in [0.1, 0.15) is 15.9 Å². The van der Waals surface area contributed by atoms with Gasteiger partial charge in [-0.3, -0.25) is 0 Å². The average molecular weight is 296 g/mol. The van der Waals surface area contributed by atoms with Crippen molar-refractivity contribution in [2.75, 3.05) is 7.11 Å². The third kappa shape index (κ3) is 2.07. The van der Waals surface area contributed by atoms with E-state index < -0.39 is 5.97 Å². The molecule has 76 valence electrons. The Morgan fingerprint density at radius 1 is 1.64 bits per heavy atom. The highest BCUT2D eigenvalue weighted by Crippen LogP contribution is 2.32. The zero-order valence-corrected chi connectivity index (χ0v) is 10.8. The summed E-state index contributed by atoms with van der Waals surface area (Å²) in [6.45, 7) is 1.81. The van der Waals surface area contributed by atoms with E-state index in [1.807, 2.05) is 6.92 Å². The fraction of sp³-hybridized carbons (Fsp3) is 0.222. The zero-order chi connectivity index (χ0) is 10.9. The lowest BCUT2D eigenvalue weighted by molar-refractivity contribution is 0.0597. The first-order valence-electron chi connectivity index (χ1n) is 3.75. The molecule has 5 heteroatoms. The van der Waals surface area contributed by atoms with E-state index in [1.54, 1.807) is 6.07 Å². The summed E-state index contributed by atoms with van der Waals surface area (Å²) in [5.74, 6) is -0.476. The molecule has 1 aromatic carbocycles. The molecule has 0 unspecified atom stereocenters. The molecule has 0 bridgehead atoms. The van der Waals surface area contributed by atoms with E-state index in [-0.39, 0.29) is 0 Å². The van der Waals surface area contributed by atoms with Gasteiger partial charge in [0.2, 0.25) is 0 Å². The quantitative estimate of drug-likeness (QED) is 0.634. The molecule has 2 nitrogen and oxygen atoms in total. The molecule has 0 saturated heterocycles. The number of halogens is 2. The lowest BCUT2D eigenvalue weighted by atomic mass is 10.1. The summed E-state index contributed by atoms with van der Waals surface area (Å²) in [6.07, 6.45) is 0. The molecule has 0 spiro atoms. The fourth-order valence-corrected chi connectivity index (χ4v) is 2.40. The van der Waals surface area contributed by atoms with Crippen LogP contribution in [0.4, 0.5) is 0 Å². The number of carbonyl (C=O) groups is 1. The summed E-state index contributed by atoms with van der Waals surface area (Å²) in [5.41, 5.74) is 1.10. The van der Waals surface area contributed by atoms with Gasteiger partial charge in [0.05, 0.1) is 17.7 Å². The van der Waals surface area contributed by atoms with Crippen LogP contribution in [0.3, 0.4) is 0 Å². The molecule has 0 saturated carbocycles. The standard InChI is InChI=1S/C9H8BrClO2S/c1-4-5(10)3-6(14)7(8(4)11)9(12)13-2/h3,14H,1-2H3. The molecular formula is C9H8BrClO2S. The van der Waals surface area contributed by atoms with Gasteiger partial charge < -0.3 is 4.74 Å². The number of thiol groups is 1. The minimum absolute atomic E-state index is 0.304.